The van der Waals surface area contributed by atoms with Crippen LogP contribution in [0.3, 0.4) is 0 Å². The molecular formula is C17H16ClFN2O3. The number of nitro benzene ring substituents is 1. The van der Waals surface area contributed by atoms with Gasteiger partial charge >= 0.3 is 0 Å². The maximum atomic E-state index is 14.1. The fourth-order valence-electron chi connectivity index (χ4n) is 2.50. The van der Waals surface area contributed by atoms with Crippen LogP contribution in [-0.2, 0) is 5.60 Å². The minimum absolute atomic E-state index is 0.0831. The van der Waals surface area contributed by atoms with E-state index in [1.54, 1.807) is 19.9 Å². The van der Waals surface area contributed by atoms with E-state index in [1.165, 1.54) is 12.1 Å². The maximum Gasteiger partial charge on any atom is 0.272 e. The van der Waals surface area contributed by atoms with E-state index < -0.39 is 16.3 Å². The molecule has 24 heavy (non-hydrogen) atoms. The van der Waals surface area contributed by atoms with Crippen LogP contribution < -0.4 is 4.74 Å². The molecule has 0 bridgehead atoms. The van der Waals surface area contributed by atoms with Crippen LogP contribution in [-0.4, -0.2) is 9.91 Å². The third-order valence-electron chi connectivity index (χ3n) is 3.92. The summed E-state index contributed by atoms with van der Waals surface area (Å²) in [6.45, 7) is 3.47. The molecule has 1 aliphatic rings. The molecule has 1 heterocycles. The zero-order valence-electron chi connectivity index (χ0n) is 13.3. The Morgan fingerprint density at radius 3 is 2.62 bits per heavy atom. The van der Waals surface area contributed by atoms with Crippen molar-refractivity contribution >= 4 is 17.3 Å². The van der Waals surface area contributed by atoms with Crippen LogP contribution in [0.15, 0.2) is 30.3 Å². The Bertz CT molecular complexity index is 806. The van der Waals surface area contributed by atoms with Gasteiger partial charge in [-0.15, -0.1) is 0 Å². The first-order valence-electron chi connectivity index (χ1n) is 7.58. The molecule has 0 atom stereocenters. The van der Waals surface area contributed by atoms with Gasteiger partial charge in [0.15, 0.2) is 11.6 Å². The Balaban J connectivity index is 1.91. The summed E-state index contributed by atoms with van der Waals surface area (Å²) in [6, 6.07) is 6.94. The van der Waals surface area contributed by atoms with Gasteiger partial charge in [-0.05, 0) is 44.9 Å². The number of halogens is 2. The molecule has 1 aromatic carbocycles. The summed E-state index contributed by atoms with van der Waals surface area (Å²) in [4.78, 5) is 14.6. The van der Waals surface area contributed by atoms with E-state index in [9.17, 15) is 14.5 Å². The van der Waals surface area contributed by atoms with E-state index in [4.69, 9.17) is 16.3 Å². The van der Waals surface area contributed by atoms with E-state index >= 15 is 0 Å². The van der Waals surface area contributed by atoms with Crippen LogP contribution in [0.1, 0.15) is 44.0 Å². The standard InChI is InChI=1S/C17H16ClFN2O3/c1-17(2,16-12(18)6-7-14(20-16)10-3-4-10)24-15-8-5-11(21(22)23)9-13(15)19/h5-10H,3-4H2,1-2H3. The molecule has 5 nitrogen and oxygen atoms in total. The zero-order chi connectivity index (χ0) is 17.5. The van der Waals surface area contributed by atoms with Gasteiger partial charge in [-0.2, -0.15) is 0 Å². The molecule has 2 aromatic rings. The minimum atomic E-state index is -0.987. The normalized spacial score (nSPS) is 14.5. The van der Waals surface area contributed by atoms with Crippen molar-refractivity contribution in [3.05, 3.63) is 62.7 Å². The van der Waals surface area contributed by atoms with Crippen LogP contribution in [0.5, 0.6) is 5.75 Å². The maximum absolute atomic E-state index is 14.1. The highest BCUT2D eigenvalue weighted by molar-refractivity contribution is 6.31. The number of aromatic nitrogens is 1. The Labute approximate surface area is 143 Å². The van der Waals surface area contributed by atoms with E-state index in [0.717, 1.165) is 24.6 Å². The highest BCUT2D eigenvalue weighted by atomic mass is 35.5. The van der Waals surface area contributed by atoms with Crippen molar-refractivity contribution in [2.45, 2.75) is 38.2 Å². The predicted molar refractivity (Wildman–Crippen MR) is 87.9 cm³/mol. The quantitative estimate of drug-likeness (QED) is 0.563. The van der Waals surface area contributed by atoms with Crippen molar-refractivity contribution in [3.8, 4) is 5.75 Å². The van der Waals surface area contributed by atoms with Gasteiger partial charge in [0.25, 0.3) is 5.69 Å². The lowest BCUT2D eigenvalue weighted by molar-refractivity contribution is -0.385. The first kappa shape index (κ1) is 16.6. The van der Waals surface area contributed by atoms with E-state index in [2.05, 4.69) is 4.98 Å². The molecule has 0 saturated heterocycles. The predicted octanol–water partition coefficient (Wildman–Crippen LogP) is 4.97. The summed E-state index contributed by atoms with van der Waals surface area (Å²) in [7, 11) is 0. The number of non-ortho nitro benzene ring substituents is 1. The first-order chi connectivity index (χ1) is 11.3. The second kappa shape index (κ2) is 6.02. The van der Waals surface area contributed by atoms with Gasteiger partial charge in [0.05, 0.1) is 16.0 Å². The van der Waals surface area contributed by atoms with Crippen molar-refractivity contribution in [1.29, 1.82) is 0 Å². The molecule has 1 fully saturated rings. The topological polar surface area (TPSA) is 65.3 Å². The van der Waals surface area contributed by atoms with Crippen molar-refractivity contribution in [1.82, 2.24) is 4.98 Å². The average molecular weight is 351 g/mol. The number of nitro groups is 1. The number of hydrogen-bond donors (Lipinski definition) is 0. The van der Waals surface area contributed by atoms with Gasteiger partial charge in [0.2, 0.25) is 0 Å². The van der Waals surface area contributed by atoms with Crippen molar-refractivity contribution in [3.63, 3.8) is 0 Å². The zero-order valence-corrected chi connectivity index (χ0v) is 14.0. The third-order valence-corrected chi connectivity index (χ3v) is 4.23. The van der Waals surface area contributed by atoms with Gasteiger partial charge in [0, 0.05) is 17.7 Å². The summed E-state index contributed by atoms with van der Waals surface area (Å²) in [5.41, 5.74) is 0.157. The molecule has 0 radical (unpaired) electrons. The number of rotatable bonds is 5. The fourth-order valence-corrected chi connectivity index (χ4v) is 2.83. The van der Waals surface area contributed by atoms with Gasteiger partial charge in [-0.1, -0.05) is 11.6 Å². The monoisotopic (exact) mass is 350 g/mol. The van der Waals surface area contributed by atoms with Gasteiger partial charge in [-0.25, -0.2) is 4.39 Å². The molecule has 0 amide bonds. The Morgan fingerprint density at radius 1 is 1.33 bits per heavy atom. The second-order valence-corrected chi connectivity index (χ2v) is 6.73. The number of pyridine rings is 1. The average Bonchev–Trinajstić information content (AvgIpc) is 3.34. The molecule has 0 unspecified atom stereocenters. The molecule has 0 aliphatic heterocycles. The molecule has 0 spiro atoms. The summed E-state index contributed by atoms with van der Waals surface area (Å²) in [6.07, 6.45) is 2.21. The molecule has 3 rings (SSSR count). The molecule has 1 saturated carbocycles. The van der Waals surface area contributed by atoms with Crippen LogP contribution in [0, 0.1) is 15.9 Å². The summed E-state index contributed by atoms with van der Waals surface area (Å²) < 4.78 is 19.8. The van der Waals surface area contributed by atoms with Gasteiger partial charge < -0.3 is 4.74 Å². The van der Waals surface area contributed by atoms with Crippen molar-refractivity contribution in [2.24, 2.45) is 0 Å². The van der Waals surface area contributed by atoms with Gasteiger partial charge in [0.1, 0.15) is 11.3 Å². The molecule has 1 aromatic heterocycles. The van der Waals surface area contributed by atoms with Crippen molar-refractivity contribution in [2.75, 3.05) is 0 Å². The smallest absolute Gasteiger partial charge is 0.272 e. The van der Waals surface area contributed by atoms with E-state index in [1.807, 2.05) is 6.07 Å². The SMILES string of the molecule is CC(C)(Oc1ccc([N+](=O)[O-])cc1F)c1nc(C2CC2)ccc1Cl. The Hall–Kier alpha value is -2.21. The number of benzene rings is 1. The number of hydrogen-bond acceptors (Lipinski definition) is 4. The summed E-state index contributed by atoms with van der Waals surface area (Å²) >= 11 is 6.25. The van der Waals surface area contributed by atoms with E-state index in [0.29, 0.717) is 16.6 Å². The van der Waals surface area contributed by atoms with Crippen LogP contribution in [0.4, 0.5) is 10.1 Å². The minimum Gasteiger partial charge on any atom is -0.478 e. The summed E-state index contributed by atoms with van der Waals surface area (Å²) in [5, 5.41) is 11.1. The molecule has 7 heteroatoms. The molecule has 0 N–H and O–H groups in total. The lowest BCUT2D eigenvalue weighted by atomic mass is 10.0. The first-order valence-corrected chi connectivity index (χ1v) is 7.95. The number of nitrogens with zero attached hydrogens (tertiary/aromatic N) is 2. The largest absolute Gasteiger partial charge is 0.478 e. The van der Waals surface area contributed by atoms with Gasteiger partial charge in [-0.3, -0.25) is 15.1 Å². The van der Waals surface area contributed by atoms with Crippen LogP contribution >= 0.6 is 11.6 Å². The van der Waals surface area contributed by atoms with Crippen LogP contribution in [0.2, 0.25) is 5.02 Å². The Kier molecular flexibility index (Phi) is 4.17. The fraction of sp³-hybridized carbons (Fsp3) is 0.353. The Morgan fingerprint density at radius 2 is 2.04 bits per heavy atom. The second-order valence-electron chi connectivity index (χ2n) is 6.33. The van der Waals surface area contributed by atoms with Crippen LogP contribution in [0.25, 0.3) is 0 Å². The van der Waals surface area contributed by atoms with Crippen molar-refractivity contribution < 1.29 is 14.1 Å². The molecule has 1 aliphatic carbocycles. The summed E-state index contributed by atoms with van der Waals surface area (Å²) in [5.74, 6) is -0.431. The highest BCUT2D eigenvalue weighted by Crippen LogP contribution is 2.41. The van der Waals surface area contributed by atoms with E-state index in [-0.39, 0.29) is 11.4 Å². The number of ether oxygens (including phenoxy) is 1. The highest BCUT2D eigenvalue weighted by Gasteiger charge is 2.32. The third kappa shape index (κ3) is 3.33. The molecular weight excluding hydrogens is 335 g/mol. The lowest BCUT2D eigenvalue weighted by Crippen LogP contribution is -2.28. The molecule has 126 valence electrons. The lowest BCUT2D eigenvalue weighted by Gasteiger charge is -2.27.